The number of nitrogens with one attached hydrogen (secondary N) is 1. The van der Waals surface area contributed by atoms with E-state index < -0.39 is 5.97 Å². The van der Waals surface area contributed by atoms with Gasteiger partial charge in [0.1, 0.15) is 5.75 Å². The van der Waals surface area contributed by atoms with Crippen molar-refractivity contribution >= 4 is 16.9 Å². The van der Waals surface area contributed by atoms with Crippen molar-refractivity contribution < 1.29 is 14.6 Å². The summed E-state index contributed by atoms with van der Waals surface area (Å²) in [6, 6.07) is 7.10. The molecule has 0 radical (unpaired) electrons. The van der Waals surface area contributed by atoms with Crippen LogP contribution in [0, 0.1) is 5.92 Å². The first-order valence-electron chi connectivity index (χ1n) is 8.30. The zero-order valence-electron chi connectivity index (χ0n) is 13.7. The molecule has 0 spiro atoms. The summed E-state index contributed by atoms with van der Waals surface area (Å²) >= 11 is 0. The first kappa shape index (κ1) is 16.5. The Morgan fingerprint density at radius 3 is 2.75 bits per heavy atom. The van der Waals surface area contributed by atoms with Gasteiger partial charge in [0.05, 0.1) is 12.5 Å². The maximum absolute atomic E-state index is 12.4. The number of rotatable bonds is 5. The van der Waals surface area contributed by atoms with Crippen LogP contribution in [0.25, 0.3) is 10.9 Å². The summed E-state index contributed by atoms with van der Waals surface area (Å²) in [5.41, 5.74) is 1.62. The molecule has 3 rings (SSSR count). The standard InChI is InChI=1S/C18H22N2O4/c1-2-24-14-3-4-16-15(10-14)17(21)9-13(19-16)11-20-7-5-12(6-8-20)18(22)23/h3-4,9-10,12H,2,5-8,11H2,1H3,(H,19,21)(H,22,23). The van der Waals surface area contributed by atoms with Crippen LogP contribution in [-0.4, -0.2) is 40.7 Å². The van der Waals surface area contributed by atoms with Crippen LogP contribution >= 0.6 is 0 Å². The monoisotopic (exact) mass is 330 g/mol. The molecule has 2 N–H and O–H groups in total. The summed E-state index contributed by atoms with van der Waals surface area (Å²) in [7, 11) is 0. The van der Waals surface area contributed by atoms with E-state index in [0.29, 0.717) is 37.1 Å². The third-order valence-electron chi connectivity index (χ3n) is 4.50. The van der Waals surface area contributed by atoms with Gasteiger partial charge in [-0.3, -0.25) is 14.5 Å². The maximum Gasteiger partial charge on any atom is 0.306 e. The van der Waals surface area contributed by atoms with E-state index in [1.807, 2.05) is 19.1 Å². The molecule has 1 aromatic carbocycles. The summed E-state index contributed by atoms with van der Waals surface area (Å²) in [4.78, 5) is 28.9. The number of hydrogen-bond donors (Lipinski definition) is 2. The fourth-order valence-electron chi connectivity index (χ4n) is 3.20. The number of aromatic amines is 1. The highest BCUT2D eigenvalue weighted by Crippen LogP contribution is 2.20. The highest BCUT2D eigenvalue weighted by atomic mass is 16.5. The highest BCUT2D eigenvalue weighted by molar-refractivity contribution is 5.80. The predicted molar refractivity (Wildman–Crippen MR) is 91.4 cm³/mol. The normalized spacial score (nSPS) is 16.4. The van der Waals surface area contributed by atoms with Crippen LogP contribution in [0.4, 0.5) is 0 Å². The number of pyridine rings is 1. The van der Waals surface area contributed by atoms with Gasteiger partial charge in [-0.1, -0.05) is 0 Å². The maximum atomic E-state index is 12.4. The van der Waals surface area contributed by atoms with Gasteiger partial charge in [-0.15, -0.1) is 0 Å². The van der Waals surface area contributed by atoms with Crippen LogP contribution in [-0.2, 0) is 11.3 Å². The molecular weight excluding hydrogens is 308 g/mol. The van der Waals surface area contributed by atoms with E-state index in [0.717, 1.165) is 24.3 Å². The molecule has 0 bridgehead atoms. The number of fused-ring (bicyclic) bond motifs is 1. The molecule has 1 fully saturated rings. The predicted octanol–water partition coefficient (Wildman–Crippen LogP) is 2.22. The van der Waals surface area contributed by atoms with Gasteiger partial charge in [-0.05, 0) is 51.1 Å². The van der Waals surface area contributed by atoms with E-state index in [-0.39, 0.29) is 11.3 Å². The minimum Gasteiger partial charge on any atom is -0.494 e. The Morgan fingerprint density at radius 1 is 1.33 bits per heavy atom. The number of piperidine rings is 1. The average Bonchev–Trinajstić information content (AvgIpc) is 2.56. The molecule has 0 atom stereocenters. The number of aromatic nitrogens is 1. The Balaban J connectivity index is 1.75. The zero-order chi connectivity index (χ0) is 17.1. The molecule has 0 aliphatic carbocycles. The lowest BCUT2D eigenvalue weighted by molar-refractivity contribution is -0.143. The lowest BCUT2D eigenvalue weighted by Crippen LogP contribution is -2.36. The molecule has 6 nitrogen and oxygen atoms in total. The topological polar surface area (TPSA) is 82.6 Å². The summed E-state index contributed by atoms with van der Waals surface area (Å²) in [5, 5.41) is 9.67. The largest absolute Gasteiger partial charge is 0.494 e. The minimum absolute atomic E-state index is 0.0271. The lowest BCUT2D eigenvalue weighted by Gasteiger charge is -2.29. The van der Waals surface area contributed by atoms with Crippen molar-refractivity contribution in [3.63, 3.8) is 0 Å². The molecule has 2 aromatic rings. The molecule has 6 heteroatoms. The lowest BCUT2D eigenvalue weighted by atomic mass is 9.97. The van der Waals surface area contributed by atoms with E-state index in [1.54, 1.807) is 12.1 Å². The van der Waals surface area contributed by atoms with E-state index >= 15 is 0 Å². The van der Waals surface area contributed by atoms with Gasteiger partial charge in [0.2, 0.25) is 0 Å². The number of aliphatic carboxylic acids is 1. The highest BCUT2D eigenvalue weighted by Gasteiger charge is 2.24. The Kier molecular flexibility index (Phi) is 4.85. The number of likely N-dealkylation sites (tertiary alicyclic amines) is 1. The molecule has 1 aliphatic heterocycles. The van der Waals surface area contributed by atoms with Crippen LogP contribution in [0.1, 0.15) is 25.5 Å². The molecule has 1 aliphatic rings. The average molecular weight is 330 g/mol. The van der Waals surface area contributed by atoms with Crippen molar-refractivity contribution in [1.82, 2.24) is 9.88 Å². The van der Waals surface area contributed by atoms with Gasteiger partial charge in [0, 0.05) is 29.2 Å². The Morgan fingerprint density at radius 2 is 2.08 bits per heavy atom. The number of H-pyrrole nitrogens is 1. The van der Waals surface area contributed by atoms with Crippen LogP contribution in [0.3, 0.4) is 0 Å². The number of ether oxygens (including phenoxy) is 1. The van der Waals surface area contributed by atoms with Crippen molar-refractivity contribution in [2.45, 2.75) is 26.3 Å². The van der Waals surface area contributed by atoms with E-state index in [4.69, 9.17) is 9.84 Å². The zero-order valence-corrected chi connectivity index (χ0v) is 13.7. The molecule has 24 heavy (non-hydrogen) atoms. The molecule has 128 valence electrons. The Bertz CT molecular complexity index is 791. The van der Waals surface area contributed by atoms with Crippen molar-refractivity contribution in [1.29, 1.82) is 0 Å². The van der Waals surface area contributed by atoms with Crippen LogP contribution in [0.15, 0.2) is 29.1 Å². The summed E-state index contributed by atoms with van der Waals surface area (Å²) < 4.78 is 5.44. The first-order chi connectivity index (χ1) is 11.6. The molecule has 1 aromatic heterocycles. The van der Waals surface area contributed by atoms with Crippen LogP contribution in [0.2, 0.25) is 0 Å². The third-order valence-corrected chi connectivity index (χ3v) is 4.50. The van der Waals surface area contributed by atoms with Crippen LogP contribution < -0.4 is 10.2 Å². The summed E-state index contributed by atoms with van der Waals surface area (Å²) in [5.74, 6) is -0.258. The molecule has 1 saturated heterocycles. The fourth-order valence-corrected chi connectivity index (χ4v) is 3.20. The van der Waals surface area contributed by atoms with Crippen LogP contribution in [0.5, 0.6) is 5.75 Å². The second kappa shape index (κ2) is 7.05. The van der Waals surface area contributed by atoms with Gasteiger partial charge in [-0.2, -0.15) is 0 Å². The number of hydrogen-bond acceptors (Lipinski definition) is 4. The Hall–Kier alpha value is -2.34. The van der Waals surface area contributed by atoms with Gasteiger partial charge in [-0.25, -0.2) is 0 Å². The van der Waals surface area contributed by atoms with Gasteiger partial charge in [0.15, 0.2) is 5.43 Å². The minimum atomic E-state index is -0.709. The number of carbonyl (C=O) groups is 1. The van der Waals surface area contributed by atoms with Crippen molar-refractivity contribution in [3.05, 3.63) is 40.2 Å². The second-order valence-corrected chi connectivity index (χ2v) is 6.19. The Labute approximate surface area is 140 Å². The number of carboxylic acids is 1. The quantitative estimate of drug-likeness (QED) is 0.878. The number of nitrogens with zero attached hydrogens (tertiary/aromatic N) is 1. The van der Waals surface area contributed by atoms with E-state index in [1.165, 1.54) is 0 Å². The second-order valence-electron chi connectivity index (χ2n) is 6.19. The van der Waals surface area contributed by atoms with Gasteiger partial charge >= 0.3 is 5.97 Å². The third kappa shape index (κ3) is 3.59. The molecular formula is C18H22N2O4. The molecule has 2 heterocycles. The van der Waals surface area contributed by atoms with Gasteiger partial charge < -0.3 is 14.8 Å². The van der Waals surface area contributed by atoms with E-state index in [9.17, 15) is 9.59 Å². The van der Waals surface area contributed by atoms with Gasteiger partial charge in [0.25, 0.3) is 0 Å². The molecule has 0 unspecified atom stereocenters. The SMILES string of the molecule is CCOc1ccc2[nH]c(CN3CCC(C(=O)O)CC3)cc(=O)c2c1. The van der Waals surface area contributed by atoms with Crippen molar-refractivity contribution in [2.24, 2.45) is 5.92 Å². The molecule has 0 amide bonds. The first-order valence-corrected chi connectivity index (χ1v) is 8.30. The van der Waals surface area contributed by atoms with Crippen molar-refractivity contribution in [2.75, 3.05) is 19.7 Å². The number of benzene rings is 1. The summed E-state index contributed by atoms with van der Waals surface area (Å²) in [6.07, 6.45) is 1.32. The number of carboxylic acid groups (broad SMARTS) is 1. The fraction of sp³-hybridized carbons (Fsp3) is 0.444. The van der Waals surface area contributed by atoms with E-state index in [2.05, 4.69) is 9.88 Å². The summed E-state index contributed by atoms with van der Waals surface area (Å²) in [6.45, 7) is 4.57. The van der Waals surface area contributed by atoms with Crippen molar-refractivity contribution in [3.8, 4) is 5.75 Å². The smallest absolute Gasteiger partial charge is 0.306 e. The molecule has 0 saturated carbocycles.